The van der Waals surface area contributed by atoms with Gasteiger partial charge < -0.3 is 15.4 Å². The SMILES string of the molecule is O=C(Nc1ccc(OC2CCCCC2)cc1)C1CC12CCNCC2. The number of benzene rings is 1. The number of rotatable bonds is 4. The molecule has 1 saturated heterocycles. The second-order valence-electron chi connectivity index (χ2n) is 7.76. The predicted molar refractivity (Wildman–Crippen MR) is 95.2 cm³/mol. The van der Waals surface area contributed by atoms with Gasteiger partial charge in [-0.3, -0.25) is 4.79 Å². The molecule has 4 rings (SSSR count). The quantitative estimate of drug-likeness (QED) is 0.885. The topological polar surface area (TPSA) is 50.4 Å². The lowest BCUT2D eigenvalue weighted by atomic mass is 9.92. The average Bonchev–Trinajstić information content (AvgIpc) is 3.31. The Hall–Kier alpha value is -1.55. The Bertz CT molecular complexity index is 572. The molecule has 3 fully saturated rings. The van der Waals surface area contributed by atoms with Crippen LogP contribution in [0.3, 0.4) is 0 Å². The number of hydrogen-bond acceptors (Lipinski definition) is 3. The standard InChI is InChI=1S/C20H28N2O2/c23-19(18-14-20(18)10-12-21-13-11-20)22-15-6-8-17(9-7-15)24-16-4-2-1-3-5-16/h6-9,16,18,21H,1-5,10-14H2,(H,22,23). The first-order valence-electron chi connectivity index (χ1n) is 9.54. The number of piperidine rings is 1. The van der Waals surface area contributed by atoms with Crippen LogP contribution in [0.4, 0.5) is 5.69 Å². The number of anilines is 1. The van der Waals surface area contributed by atoms with Gasteiger partial charge in [0.25, 0.3) is 0 Å². The van der Waals surface area contributed by atoms with Gasteiger partial charge in [0.1, 0.15) is 5.75 Å². The van der Waals surface area contributed by atoms with Crippen LogP contribution in [0.15, 0.2) is 24.3 Å². The molecule has 3 aliphatic rings. The van der Waals surface area contributed by atoms with Crippen LogP contribution < -0.4 is 15.4 Å². The van der Waals surface area contributed by atoms with Gasteiger partial charge in [-0.2, -0.15) is 0 Å². The minimum Gasteiger partial charge on any atom is -0.490 e. The number of amides is 1. The summed E-state index contributed by atoms with van der Waals surface area (Å²) in [5.41, 5.74) is 1.17. The largest absolute Gasteiger partial charge is 0.490 e. The predicted octanol–water partition coefficient (Wildman–Crippen LogP) is 3.73. The third kappa shape index (κ3) is 3.44. The molecule has 1 atom stereocenters. The van der Waals surface area contributed by atoms with Crippen molar-refractivity contribution in [1.29, 1.82) is 0 Å². The number of carbonyl (C=O) groups is 1. The molecule has 1 aromatic carbocycles. The Balaban J connectivity index is 1.30. The van der Waals surface area contributed by atoms with Gasteiger partial charge in [-0.15, -0.1) is 0 Å². The minimum absolute atomic E-state index is 0.192. The van der Waals surface area contributed by atoms with Gasteiger partial charge in [-0.05, 0) is 87.7 Å². The number of nitrogens with one attached hydrogen (secondary N) is 2. The Labute approximate surface area is 144 Å². The Kier molecular flexibility index (Phi) is 4.49. The molecule has 1 amide bonds. The van der Waals surface area contributed by atoms with E-state index in [0.717, 1.165) is 56.6 Å². The van der Waals surface area contributed by atoms with E-state index in [4.69, 9.17) is 4.74 Å². The molecule has 1 aromatic rings. The molecular formula is C20H28N2O2. The van der Waals surface area contributed by atoms with Crippen LogP contribution >= 0.6 is 0 Å². The highest BCUT2D eigenvalue weighted by atomic mass is 16.5. The number of ether oxygens (including phenoxy) is 1. The van der Waals surface area contributed by atoms with Crippen LogP contribution in [0, 0.1) is 11.3 Å². The summed E-state index contributed by atoms with van der Waals surface area (Å²) in [6, 6.07) is 7.90. The second kappa shape index (κ2) is 6.75. The summed E-state index contributed by atoms with van der Waals surface area (Å²) in [4.78, 5) is 12.5. The van der Waals surface area contributed by atoms with Crippen LogP contribution in [0.5, 0.6) is 5.75 Å². The van der Waals surface area contributed by atoms with Crippen molar-refractivity contribution in [1.82, 2.24) is 5.32 Å². The Morgan fingerprint density at radius 1 is 1.08 bits per heavy atom. The lowest BCUT2D eigenvalue weighted by molar-refractivity contribution is -0.118. The van der Waals surface area contributed by atoms with Crippen LogP contribution in [-0.4, -0.2) is 25.1 Å². The summed E-state index contributed by atoms with van der Waals surface area (Å²) >= 11 is 0. The van der Waals surface area contributed by atoms with E-state index in [0.29, 0.717) is 11.5 Å². The van der Waals surface area contributed by atoms with E-state index < -0.39 is 0 Å². The summed E-state index contributed by atoms with van der Waals surface area (Å²) in [6.45, 7) is 2.11. The van der Waals surface area contributed by atoms with Crippen LogP contribution in [0.1, 0.15) is 51.4 Å². The third-order valence-electron chi connectivity index (χ3n) is 6.08. The van der Waals surface area contributed by atoms with Gasteiger partial charge in [0, 0.05) is 11.6 Å². The molecule has 1 aliphatic heterocycles. The monoisotopic (exact) mass is 328 g/mol. The van der Waals surface area contributed by atoms with Gasteiger partial charge in [-0.1, -0.05) is 6.42 Å². The molecule has 0 aromatic heterocycles. The molecule has 24 heavy (non-hydrogen) atoms. The fourth-order valence-corrected chi connectivity index (χ4v) is 4.42. The molecule has 2 aliphatic carbocycles. The van der Waals surface area contributed by atoms with Crippen molar-refractivity contribution in [3.63, 3.8) is 0 Å². The highest BCUT2D eigenvalue weighted by molar-refractivity contribution is 5.95. The van der Waals surface area contributed by atoms with E-state index in [1.165, 1.54) is 19.3 Å². The van der Waals surface area contributed by atoms with Crippen molar-refractivity contribution in [2.75, 3.05) is 18.4 Å². The molecule has 4 heteroatoms. The van der Waals surface area contributed by atoms with Crippen molar-refractivity contribution < 1.29 is 9.53 Å². The van der Waals surface area contributed by atoms with Crippen molar-refractivity contribution in [3.8, 4) is 5.75 Å². The Morgan fingerprint density at radius 3 is 2.50 bits per heavy atom. The molecule has 0 radical (unpaired) electrons. The number of hydrogen-bond donors (Lipinski definition) is 2. The summed E-state index contributed by atoms with van der Waals surface area (Å²) in [5.74, 6) is 1.32. The molecule has 1 spiro atoms. The van der Waals surface area contributed by atoms with Gasteiger partial charge in [0.2, 0.25) is 5.91 Å². The summed E-state index contributed by atoms with van der Waals surface area (Å²) in [5, 5.41) is 6.47. The smallest absolute Gasteiger partial charge is 0.228 e. The summed E-state index contributed by atoms with van der Waals surface area (Å²) < 4.78 is 6.05. The third-order valence-corrected chi connectivity index (χ3v) is 6.08. The van der Waals surface area contributed by atoms with Crippen molar-refractivity contribution in [2.24, 2.45) is 11.3 Å². The summed E-state index contributed by atoms with van der Waals surface area (Å²) in [7, 11) is 0. The zero-order valence-electron chi connectivity index (χ0n) is 14.4. The summed E-state index contributed by atoms with van der Waals surface area (Å²) in [6.07, 6.45) is 9.92. The first kappa shape index (κ1) is 15.9. The lowest BCUT2D eigenvalue weighted by Crippen LogP contribution is -2.31. The van der Waals surface area contributed by atoms with E-state index in [9.17, 15) is 4.79 Å². The Morgan fingerprint density at radius 2 is 1.79 bits per heavy atom. The fourth-order valence-electron chi connectivity index (χ4n) is 4.42. The highest BCUT2D eigenvalue weighted by Crippen LogP contribution is 2.58. The second-order valence-corrected chi connectivity index (χ2v) is 7.76. The van der Waals surface area contributed by atoms with Gasteiger partial charge >= 0.3 is 0 Å². The van der Waals surface area contributed by atoms with E-state index in [1.807, 2.05) is 24.3 Å². The van der Waals surface area contributed by atoms with Crippen LogP contribution in [-0.2, 0) is 4.79 Å². The lowest BCUT2D eigenvalue weighted by Gasteiger charge is -2.23. The molecule has 2 saturated carbocycles. The van der Waals surface area contributed by atoms with E-state index >= 15 is 0 Å². The minimum atomic E-state index is 0.192. The van der Waals surface area contributed by atoms with Crippen LogP contribution in [0.2, 0.25) is 0 Å². The van der Waals surface area contributed by atoms with Crippen molar-refractivity contribution in [3.05, 3.63) is 24.3 Å². The molecule has 2 N–H and O–H groups in total. The van der Waals surface area contributed by atoms with Gasteiger partial charge in [-0.25, -0.2) is 0 Å². The zero-order valence-corrected chi connectivity index (χ0v) is 14.4. The van der Waals surface area contributed by atoms with E-state index in [2.05, 4.69) is 10.6 Å². The molecule has 0 bridgehead atoms. The van der Waals surface area contributed by atoms with Crippen LogP contribution in [0.25, 0.3) is 0 Å². The first-order valence-corrected chi connectivity index (χ1v) is 9.54. The fraction of sp³-hybridized carbons (Fsp3) is 0.650. The molecule has 1 unspecified atom stereocenters. The average molecular weight is 328 g/mol. The van der Waals surface area contributed by atoms with Gasteiger partial charge in [0.05, 0.1) is 6.10 Å². The van der Waals surface area contributed by atoms with E-state index in [1.54, 1.807) is 0 Å². The van der Waals surface area contributed by atoms with E-state index in [-0.39, 0.29) is 11.8 Å². The maximum atomic E-state index is 12.5. The molecule has 130 valence electrons. The zero-order chi connectivity index (χ0) is 16.4. The normalized spacial score (nSPS) is 26.1. The van der Waals surface area contributed by atoms with Crippen molar-refractivity contribution >= 4 is 11.6 Å². The maximum Gasteiger partial charge on any atom is 0.228 e. The van der Waals surface area contributed by atoms with Crippen molar-refractivity contribution in [2.45, 2.75) is 57.5 Å². The maximum absolute atomic E-state index is 12.5. The molecular weight excluding hydrogens is 300 g/mol. The molecule has 1 heterocycles. The van der Waals surface area contributed by atoms with Gasteiger partial charge in [0.15, 0.2) is 0 Å². The highest BCUT2D eigenvalue weighted by Gasteiger charge is 2.57. The number of carbonyl (C=O) groups excluding carboxylic acids is 1. The first-order chi connectivity index (χ1) is 11.8. The molecule has 4 nitrogen and oxygen atoms in total.